The first-order valence-corrected chi connectivity index (χ1v) is 8.68. The molecule has 22 heavy (non-hydrogen) atoms. The average Bonchev–Trinajstić information content (AvgIpc) is 2.49. The number of nitrogens with one attached hydrogen (secondary N) is 2. The van der Waals surface area contributed by atoms with Gasteiger partial charge in [0.25, 0.3) is 5.91 Å². The van der Waals surface area contributed by atoms with Crippen molar-refractivity contribution in [1.82, 2.24) is 10.6 Å². The monoisotopic (exact) mass is 388 g/mol. The van der Waals surface area contributed by atoms with E-state index in [0.29, 0.717) is 22.2 Å². The average molecular weight is 389 g/mol. The highest BCUT2D eigenvalue weighted by Crippen LogP contribution is 2.16. The standard InChI is InChI=1S/C14H17BrN2O4S/c1-22-7-6-11(14(21)16-8-12(18)19)17-13(20)9-4-2-3-5-10(9)15/h2-5,11H,6-8H2,1H3,(H,16,21)(H,17,20)(H,18,19). The molecule has 0 aliphatic heterocycles. The zero-order valence-corrected chi connectivity index (χ0v) is 14.4. The molecule has 0 heterocycles. The molecule has 120 valence electrons. The molecule has 3 N–H and O–H groups in total. The molecule has 6 nitrogen and oxygen atoms in total. The fourth-order valence-electron chi connectivity index (χ4n) is 1.67. The maximum Gasteiger partial charge on any atom is 0.322 e. The Labute approximate surface area is 141 Å². The molecule has 0 saturated heterocycles. The van der Waals surface area contributed by atoms with Gasteiger partial charge < -0.3 is 15.7 Å². The molecule has 0 spiro atoms. The van der Waals surface area contributed by atoms with E-state index in [9.17, 15) is 14.4 Å². The van der Waals surface area contributed by atoms with E-state index in [1.807, 2.05) is 6.26 Å². The third-order valence-electron chi connectivity index (χ3n) is 2.76. The number of hydrogen-bond donors (Lipinski definition) is 3. The third-order valence-corrected chi connectivity index (χ3v) is 4.10. The van der Waals surface area contributed by atoms with E-state index in [2.05, 4.69) is 26.6 Å². The van der Waals surface area contributed by atoms with Crippen LogP contribution in [-0.2, 0) is 9.59 Å². The number of thioether (sulfide) groups is 1. The summed E-state index contributed by atoms with van der Waals surface area (Å²) in [6.45, 7) is -0.473. The zero-order valence-electron chi connectivity index (χ0n) is 12.0. The summed E-state index contributed by atoms with van der Waals surface area (Å²) >= 11 is 4.82. The molecular weight excluding hydrogens is 372 g/mol. The molecule has 0 bridgehead atoms. The minimum absolute atomic E-state index is 0.385. The molecule has 1 rings (SSSR count). The van der Waals surface area contributed by atoms with Gasteiger partial charge in [-0.15, -0.1) is 0 Å². The molecule has 0 aliphatic carbocycles. The molecule has 1 aromatic carbocycles. The number of rotatable bonds is 8. The quantitative estimate of drug-likeness (QED) is 0.627. The van der Waals surface area contributed by atoms with Gasteiger partial charge in [0, 0.05) is 4.47 Å². The van der Waals surface area contributed by atoms with Crippen LogP contribution in [0.4, 0.5) is 0 Å². The van der Waals surface area contributed by atoms with Crippen LogP contribution in [0.15, 0.2) is 28.7 Å². The zero-order chi connectivity index (χ0) is 16.5. The highest BCUT2D eigenvalue weighted by atomic mass is 79.9. The fourth-order valence-corrected chi connectivity index (χ4v) is 2.61. The lowest BCUT2D eigenvalue weighted by molar-refractivity contribution is -0.138. The minimum atomic E-state index is -1.13. The van der Waals surface area contributed by atoms with Gasteiger partial charge in [-0.3, -0.25) is 14.4 Å². The van der Waals surface area contributed by atoms with Crippen molar-refractivity contribution >= 4 is 45.5 Å². The lowest BCUT2D eigenvalue weighted by Gasteiger charge is -2.18. The number of benzene rings is 1. The molecule has 0 aromatic heterocycles. The number of carboxylic acid groups (broad SMARTS) is 1. The fraction of sp³-hybridized carbons (Fsp3) is 0.357. The van der Waals surface area contributed by atoms with E-state index in [1.165, 1.54) is 0 Å². The van der Waals surface area contributed by atoms with Crippen molar-refractivity contribution in [2.45, 2.75) is 12.5 Å². The molecule has 0 aliphatic rings. The Bertz CT molecular complexity index is 553. The Balaban J connectivity index is 2.75. The largest absolute Gasteiger partial charge is 0.480 e. The van der Waals surface area contributed by atoms with Gasteiger partial charge in [0.15, 0.2) is 0 Å². The van der Waals surface area contributed by atoms with Crippen molar-refractivity contribution in [3.63, 3.8) is 0 Å². The van der Waals surface area contributed by atoms with Gasteiger partial charge in [0.05, 0.1) is 5.56 Å². The molecule has 8 heteroatoms. The Hall–Kier alpha value is -1.54. The van der Waals surface area contributed by atoms with Crippen LogP contribution in [0.25, 0.3) is 0 Å². The van der Waals surface area contributed by atoms with E-state index >= 15 is 0 Å². The van der Waals surface area contributed by atoms with Gasteiger partial charge >= 0.3 is 5.97 Å². The maximum atomic E-state index is 12.2. The van der Waals surface area contributed by atoms with Gasteiger partial charge in [-0.05, 0) is 46.5 Å². The molecule has 2 amide bonds. The first-order chi connectivity index (χ1) is 10.5. The van der Waals surface area contributed by atoms with Gasteiger partial charge in [-0.2, -0.15) is 11.8 Å². The topological polar surface area (TPSA) is 95.5 Å². The van der Waals surface area contributed by atoms with Gasteiger partial charge in [-0.1, -0.05) is 12.1 Å². The smallest absolute Gasteiger partial charge is 0.322 e. The maximum absolute atomic E-state index is 12.2. The van der Waals surface area contributed by atoms with Crippen LogP contribution in [-0.4, -0.2) is 47.5 Å². The summed E-state index contributed by atoms with van der Waals surface area (Å²) in [7, 11) is 0. The predicted octanol–water partition coefficient (Wildman–Crippen LogP) is 1.50. The van der Waals surface area contributed by atoms with Crippen molar-refractivity contribution in [1.29, 1.82) is 0 Å². The van der Waals surface area contributed by atoms with Crippen molar-refractivity contribution in [3.05, 3.63) is 34.3 Å². The first-order valence-electron chi connectivity index (χ1n) is 6.49. The summed E-state index contributed by atoms with van der Waals surface area (Å²) in [5.41, 5.74) is 0.419. The van der Waals surface area contributed by atoms with E-state index in [0.717, 1.165) is 0 Å². The highest BCUT2D eigenvalue weighted by molar-refractivity contribution is 9.10. The number of aliphatic carboxylic acids is 1. The normalized spacial score (nSPS) is 11.5. The molecular formula is C14H17BrN2O4S. The second-order valence-corrected chi connectivity index (χ2v) is 6.24. The van der Waals surface area contributed by atoms with Crippen LogP contribution in [0.2, 0.25) is 0 Å². The summed E-state index contributed by atoms with van der Waals surface area (Å²) in [5.74, 6) is -1.35. The molecule has 1 unspecified atom stereocenters. The first kappa shape index (κ1) is 18.5. The predicted molar refractivity (Wildman–Crippen MR) is 89.0 cm³/mol. The number of carbonyl (C=O) groups excluding carboxylic acids is 2. The second kappa shape index (κ2) is 9.47. The summed E-state index contributed by atoms with van der Waals surface area (Å²) in [5, 5.41) is 13.5. The highest BCUT2D eigenvalue weighted by Gasteiger charge is 2.22. The summed E-state index contributed by atoms with van der Waals surface area (Å²) in [4.78, 5) is 34.7. The van der Waals surface area contributed by atoms with Crippen molar-refractivity contribution in [2.75, 3.05) is 18.6 Å². The molecule has 0 saturated carbocycles. The van der Waals surface area contributed by atoms with Crippen molar-refractivity contribution in [3.8, 4) is 0 Å². The lowest BCUT2D eigenvalue weighted by Crippen LogP contribution is -2.48. The number of carbonyl (C=O) groups is 3. The number of amides is 2. The second-order valence-electron chi connectivity index (χ2n) is 4.40. The van der Waals surface area contributed by atoms with E-state index in [4.69, 9.17) is 5.11 Å². The number of halogens is 1. The van der Waals surface area contributed by atoms with Crippen molar-refractivity contribution < 1.29 is 19.5 Å². The van der Waals surface area contributed by atoms with Crippen LogP contribution in [0.5, 0.6) is 0 Å². The third kappa shape index (κ3) is 6.07. The Morgan fingerprint density at radius 2 is 2.00 bits per heavy atom. The summed E-state index contributed by atoms with van der Waals surface area (Å²) in [6, 6.07) is 6.11. The van der Waals surface area contributed by atoms with Crippen LogP contribution < -0.4 is 10.6 Å². The Morgan fingerprint density at radius 1 is 1.32 bits per heavy atom. The minimum Gasteiger partial charge on any atom is -0.480 e. The number of hydrogen-bond acceptors (Lipinski definition) is 4. The van der Waals surface area contributed by atoms with Crippen LogP contribution in [0, 0.1) is 0 Å². The van der Waals surface area contributed by atoms with Crippen LogP contribution >= 0.6 is 27.7 Å². The molecule has 1 aromatic rings. The van der Waals surface area contributed by atoms with E-state index in [1.54, 1.807) is 36.0 Å². The Morgan fingerprint density at radius 3 is 2.59 bits per heavy atom. The van der Waals surface area contributed by atoms with Gasteiger partial charge in [0.1, 0.15) is 12.6 Å². The van der Waals surface area contributed by atoms with Gasteiger partial charge in [0.2, 0.25) is 5.91 Å². The molecule has 0 fully saturated rings. The number of carboxylic acids is 1. The van der Waals surface area contributed by atoms with Crippen LogP contribution in [0.1, 0.15) is 16.8 Å². The van der Waals surface area contributed by atoms with E-state index < -0.39 is 24.5 Å². The summed E-state index contributed by atoms with van der Waals surface area (Å²) in [6.07, 6.45) is 2.31. The summed E-state index contributed by atoms with van der Waals surface area (Å²) < 4.78 is 0.627. The lowest BCUT2D eigenvalue weighted by atomic mass is 10.1. The van der Waals surface area contributed by atoms with E-state index in [-0.39, 0.29) is 5.91 Å². The van der Waals surface area contributed by atoms with Gasteiger partial charge in [-0.25, -0.2) is 0 Å². The van der Waals surface area contributed by atoms with Crippen LogP contribution in [0.3, 0.4) is 0 Å². The Kier molecular flexibility index (Phi) is 7.97. The van der Waals surface area contributed by atoms with Crippen molar-refractivity contribution in [2.24, 2.45) is 0 Å². The molecule has 0 radical (unpaired) electrons. The SMILES string of the molecule is CSCCC(NC(=O)c1ccccc1Br)C(=O)NCC(=O)O. The molecule has 1 atom stereocenters.